The van der Waals surface area contributed by atoms with Gasteiger partial charge >= 0.3 is 5.97 Å². The van der Waals surface area contributed by atoms with Gasteiger partial charge < -0.3 is 19.5 Å². The number of rotatable bonds is 9. The van der Waals surface area contributed by atoms with Crippen LogP contribution < -0.4 is 4.74 Å². The molecule has 0 aliphatic heterocycles. The maximum atomic E-state index is 10.9. The molecule has 0 saturated heterocycles. The van der Waals surface area contributed by atoms with Crippen LogP contribution in [0.15, 0.2) is 18.2 Å². The lowest BCUT2D eigenvalue weighted by molar-refractivity contribution is -0.768. The highest BCUT2D eigenvalue weighted by Gasteiger charge is 2.17. The topological polar surface area (TPSA) is 151 Å². The maximum absolute atomic E-state index is 10.9. The first-order valence-corrected chi connectivity index (χ1v) is 5.84. The van der Waals surface area contributed by atoms with Crippen molar-refractivity contribution in [1.29, 1.82) is 0 Å². The zero-order valence-corrected chi connectivity index (χ0v) is 11.3. The first-order chi connectivity index (χ1) is 10.3. The Morgan fingerprint density at radius 1 is 1.23 bits per heavy atom. The lowest BCUT2D eigenvalue weighted by atomic mass is 10.1. The van der Waals surface area contributed by atoms with E-state index in [4.69, 9.17) is 9.84 Å². The fourth-order valence-corrected chi connectivity index (χ4v) is 1.55. The van der Waals surface area contributed by atoms with Crippen LogP contribution in [-0.4, -0.2) is 40.6 Å². The van der Waals surface area contributed by atoms with E-state index in [1.165, 1.54) is 25.1 Å². The molecule has 0 radical (unpaired) electrons. The molecule has 0 unspecified atom stereocenters. The number of carboxylic acids is 1. The number of hydrogen-bond donors (Lipinski definition) is 1. The predicted molar refractivity (Wildman–Crippen MR) is 68.4 cm³/mol. The van der Waals surface area contributed by atoms with E-state index in [2.05, 4.69) is 9.68 Å². The molecular formula is C11H12N2O9. The predicted octanol–water partition coefficient (Wildman–Crippen LogP) is 0.857. The van der Waals surface area contributed by atoms with Crippen LogP contribution >= 0.6 is 0 Å². The van der Waals surface area contributed by atoms with Crippen LogP contribution in [0.25, 0.3) is 0 Å². The molecule has 0 aromatic heterocycles. The molecule has 0 aliphatic carbocycles. The molecule has 0 spiro atoms. The molecule has 1 aromatic rings. The average Bonchev–Trinajstić information content (AvgIpc) is 2.41. The lowest BCUT2D eigenvalue weighted by Gasteiger charge is -2.17. The molecule has 22 heavy (non-hydrogen) atoms. The van der Waals surface area contributed by atoms with Gasteiger partial charge in [-0.2, -0.15) is 0 Å². The van der Waals surface area contributed by atoms with Crippen LogP contribution in [0.2, 0.25) is 0 Å². The van der Waals surface area contributed by atoms with Gasteiger partial charge in [-0.05, 0) is 30.7 Å². The molecule has 0 fully saturated rings. The Balaban J connectivity index is 2.78. The SMILES string of the molecule is Cc1cc(OC(CO[N+](=O)[O-])CO[N+](=O)[O-])ccc1C(=O)O. The van der Waals surface area contributed by atoms with E-state index in [1.807, 2.05) is 0 Å². The highest BCUT2D eigenvalue weighted by atomic mass is 17.0. The second-order valence-corrected chi connectivity index (χ2v) is 4.06. The van der Waals surface area contributed by atoms with Crippen LogP contribution in [0.4, 0.5) is 0 Å². The summed E-state index contributed by atoms with van der Waals surface area (Å²) in [6.45, 7) is 0.369. The van der Waals surface area contributed by atoms with Crippen molar-refractivity contribution in [2.75, 3.05) is 13.2 Å². The number of ether oxygens (including phenoxy) is 1. The second kappa shape index (κ2) is 7.61. The Kier molecular flexibility index (Phi) is 5.86. The smallest absolute Gasteiger partial charge is 0.335 e. The normalized spacial score (nSPS) is 10.1. The molecule has 120 valence electrons. The van der Waals surface area contributed by atoms with Crippen LogP contribution in [0.3, 0.4) is 0 Å². The highest BCUT2D eigenvalue weighted by molar-refractivity contribution is 5.89. The van der Waals surface area contributed by atoms with E-state index < -0.39 is 35.5 Å². The number of benzene rings is 1. The van der Waals surface area contributed by atoms with Gasteiger partial charge in [0.25, 0.3) is 10.2 Å². The van der Waals surface area contributed by atoms with Crippen LogP contribution in [0.5, 0.6) is 5.75 Å². The molecule has 11 nitrogen and oxygen atoms in total. The summed E-state index contributed by atoms with van der Waals surface area (Å²) in [5.41, 5.74) is 0.459. The van der Waals surface area contributed by atoms with Crippen molar-refractivity contribution in [2.24, 2.45) is 0 Å². The fourth-order valence-electron chi connectivity index (χ4n) is 1.55. The first-order valence-electron chi connectivity index (χ1n) is 5.84. The molecule has 0 heterocycles. The zero-order valence-electron chi connectivity index (χ0n) is 11.3. The number of carboxylic acid groups (broad SMARTS) is 1. The molecule has 1 aromatic carbocycles. The molecule has 0 aliphatic rings. The summed E-state index contributed by atoms with van der Waals surface area (Å²) in [5.74, 6) is -0.944. The number of hydrogen-bond acceptors (Lipinski definition) is 8. The zero-order chi connectivity index (χ0) is 16.7. The third-order valence-electron chi connectivity index (χ3n) is 2.46. The Morgan fingerprint density at radius 2 is 1.77 bits per heavy atom. The summed E-state index contributed by atoms with van der Waals surface area (Å²) in [6.07, 6.45) is -1.12. The highest BCUT2D eigenvalue weighted by Crippen LogP contribution is 2.19. The summed E-state index contributed by atoms with van der Waals surface area (Å²) < 4.78 is 5.28. The molecule has 1 N–H and O–H groups in total. The van der Waals surface area contributed by atoms with Crippen LogP contribution in [0, 0.1) is 27.2 Å². The maximum Gasteiger partial charge on any atom is 0.335 e. The van der Waals surface area contributed by atoms with Crippen molar-refractivity contribution in [1.82, 2.24) is 0 Å². The summed E-state index contributed by atoms with van der Waals surface area (Å²) >= 11 is 0. The van der Waals surface area contributed by atoms with E-state index in [-0.39, 0.29) is 11.3 Å². The van der Waals surface area contributed by atoms with Gasteiger partial charge in [0.05, 0.1) is 5.56 Å². The van der Waals surface area contributed by atoms with E-state index in [0.717, 1.165) is 0 Å². The van der Waals surface area contributed by atoms with Gasteiger partial charge in [0, 0.05) is 0 Å². The fraction of sp³-hybridized carbons (Fsp3) is 0.364. The van der Waals surface area contributed by atoms with Crippen molar-refractivity contribution in [2.45, 2.75) is 13.0 Å². The average molecular weight is 316 g/mol. The van der Waals surface area contributed by atoms with Gasteiger partial charge in [-0.15, -0.1) is 20.2 Å². The van der Waals surface area contributed by atoms with Crippen LogP contribution in [0.1, 0.15) is 15.9 Å². The first kappa shape index (κ1) is 16.9. The van der Waals surface area contributed by atoms with Gasteiger partial charge in [-0.25, -0.2) is 4.79 Å². The van der Waals surface area contributed by atoms with Crippen molar-refractivity contribution in [3.63, 3.8) is 0 Å². The minimum absolute atomic E-state index is 0.0620. The van der Waals surface area contributed by atoms with Crippen molar-refractivity contribution in [3.05, 3.63) is 49.6 Å². The summed E-state index contributed by atoms with van der Waals surface area (Å²) in [6, 6.07) is 3.99. The van der Waals surface area contributed by atoms with Gasteiger partial charge in [0.2, 0.25) is 0 Å². The standard InChI is InChI=1S/C11H12N2O9/c1-7-4-8(2-3-10(7)11(14)15)22-9(5-20-12(16)17)6-21-13(18)19/h2-4,9H,5-6H2,1H3,(H,14,15). The molecule has 0 bridgehead atoms. The van der Waals surface area contributed by atoms with Gasteiger partial charge in [-0.1, -0.05) is 0 Å². The second-order valence-electron chi connectivity index (χ2n) is 4.06. The molecule has 0 amide bonds. The van der Waals surface area contributed by atoms with Gasteiger partial charge in [0.1, 0.15) is 25.1 Å². The number of aromatic carboxylic acids is 1. The van der Waals surface area contributed by atoms with Gasteiger partial charge in [-0.3, -0.25) is 0 Å². The van der Waals surface area contributed by atoms with E-state index in [1.54, 1.807) is 0 Å². The Bertz CT molecular complexity index is 557. The number of nitrogens with zero attached hydrogens (tertiary/aromatic N) is 2. The third-order valence-corrected chi connectivity index (χ3v) is 2.46. The third kappa shape index (κ3) is 5.48. The largest absolute Gasteiger partial charge is 0.486 e. The molecule has 11 heteroatoms. The molecule has 0 saturated carbocycles. The van der Waals surface area contributed by atoms with Gasteiger partial charge in [0.15, 0.2) is 0 Å². The van der Waals surface area contributed by atoms with E-state index in [9.17, 15) is 25.0 Å². The molecule has 1 rings (SSSR count). The Labute approximate surface area is 123 Å². The monoisotopic (exact) mass is 316 g/mol. The quantitative estimate of drug-likeness (QED) is 0.516. The van der Waals surface area contributed by atoms with E-state index >= 15 is 0 Å². The number of aryl methyl sites for hydroxylation is 1. The Morgan fingerprint density at radius 3 is 2.18 bits per heavy atom. The summed E-state index contributed by atoms with van der Waals surface area (Å²) in [5, 5.41) is 27.1. The minimum Gasteiger partial charge on any atom is -0.486 e. The Hall–Kier alpha value is -3.11. The van der Waals surface area contributed by atoms with Crippen LogP contribution in [-0.2, 0) is 9.68 Å². The summed E-state index contributed by atoms with van der Waals surface area (Å²) in [7, 11) is 0. The van der Waals surface area contributed by atoms with Crippen molar-refractivity contribution < 1.29 is 34.5 Å². The minimum atomic E-state index is -1.12. The van der Waals surface area contributed by atoms with Crippen molar-refractivity contribution >= 4 is 5.97 Å². The lowest BCUT2D eigenvalue weighted by Crippen LogP contribution is -2.30. The molecule has 0 atom stereocenters. The van der Waals surface area contributed by atoms with Crippen molar-refractivity contribution in [3.8, 4) is 5.75 Å². The number of carbonyl (C=O) groups is 1. The van der Waals surface area contributed by atoms with E-state index in [0.29, 0.717) is 5.56 Å². The summed E-state index contributed by atoms with van der Waals surface area (Å²) in [4.78, 5) is 39.4. The molecular weight excluding hydrogens is 304 g/mol.